The lowest BCUT2D eigenvalue weighted by Gasteiger charge is -2.26. The highest BCUT2D eigenvalue weighted by molar-refractivity contribution is 5.70. The maximum absolute atomic E-state index is 12.9. The van der Waals surface area contributed by atoms with Crippen molar-refractivity contribution < 1.29 is 42.9 Å². The highest BCUT2D eigenvalue weighted by Crippen LogP contribution is 2.16. The van der Waals surface area contributed by atoms with Crippen molar-refractivity contribution >= 4 is 17.9 Å². The lowest BCUT2D eigenvalue weighted by molar-refractivity contribution is -0.870. The molecule has 414 valence electrons. The van der Waals surface area contributed by atoms with E-state index in [0.29, 0.717) is 17.4 Å². The fraction of sp³-hybridized carbons (Fsp3) is 0.730. The normalized spacial score (nSPS) is 13.4. The van der Waals surface area contributed by atoms with Crippen molar-refractivity contribution in [3.8, 4) is 0 Å². The van der Waals surface area contributed by atoms with E-state index in [1.165, 1.54) is 116 Å². The van der Waals surface area contributed by atoms with Crippen LogP contribution < -0.4 is 5.11 Å². The van der Waals surface area contributed by atoms with Crippen molar-refractivity contribution in [2.45, 2.75) is 251 Å². The molecular weight excluding hydrogens is 899 g/mol. The van der Waals surface area contributed by atoms with Gasteiger partial charge in [-0.2, -0.15) is 0 Å². The van der Waals surface area contributed by atoms with Crippen LogP contribution >= 0.6 is 0 Å². The number of hydrogen-bond donors (Lipinski definition) is 0. The van der Waals surface area contributed by atoms with Crippen LogP contribution in [0.3, 0.4) is 0 Å². The Morgan fingerprint density at radius 1 is 0.431 bits per heavy atom. The summed E-state index contributed by atoms with van der Waals surface area (Å²) in [6.45, 7) is 4.63. The average Bonchev–Trinajstić information content (AvgIpc) is 3.35. The molecule has 72 heavy (non-hydrogen) atoms. The first-order valence-corrected chi connectivity index (χ1v) is 29.2. The van der Waals surface area contributed by atoms with E-state index in [2.05, 4.69) is 98.9 Å². The summed E-state index contributed by atoms with van der Waals surface area (Å²) in [5, 5.41) is 11.8. The molecule has 0 aromatic rings. The molecule has 0 aromatic carbocycles. The Morgan fingerprint density at radius 2 is 0.792 bits per heavy atom. The number of esters is 2. The quantitative estimate of drug-likeness (QED) is 0.0195. The Kier molecular flexibility index (Phi) is 51.1. The van der Waals surface area contributed by atoms with E-state index in [0.717, 1.165) is 89.9 Å². The molecule has 0 aromatic heterocycles. The van der Waals surface area contributed by atoms with Crippen LogP contribution in [-0.2, 0) is 33.3 Å². The maximum atomic E-state index is 12.9. The SMILES string of the molecule is CC/C=C\C/C=C\C/C=C\C/C=C\C/C=C\C/C=C\C/C=C\CCCCCCCCCC(=O)OC(COC(=O)CCCCCCCCCCCCCCCCCCCC)COC(OCC[N+](C)(C)C)C(=O)[O-]. The van der Waals surface area contributed by atoms with Crippen LogP contribution in [0.5, 0.6) is 0 Å². The zero-order chi connectivity index (χ0) is 52.7. The summed E-state index contributed by atoms with van der Waals surface area (Å²) in [5.74, 6) is -2.30. The van der Waals surface area contributed by atoms with Crippen LogP contribution in [0.2, 0.25) is 0 Å². The van der Waals surface area contributed by atoms with Gasteiger partial charge in [0.05, 0.1) is 40.3 Å². The molecule has 2 atom stereocenters. The van der Waals surface area contributed by atoms with Crippen molar-refractivity contribution in [3.63, 3.8) is 0 Å². The fourth-order valence-corrected chi connectivity index (χ4v) is 7.93. The van der Waals surface area contributed by atoms with E-state index in [4.69, 9.17) is 18.9 Å². The summed E-state index contributed by atoms with van der Waals surface area (Å²) in [5.41, 5.74) is 0. The smallest absolute Gasteiger partial charge is 0.306 e. The van der Waals surface area contributed by atoms with Gasteiger partial charge in [0.1, 0.15) is 13.2 Å². The number of hydrogen-bond acceptors (Lipinski definition) is 8. The van der Waals surface area contributed by atoms with Crippen molar-refractivity contribution in [3.05, 3.63) is 85.1 Å². The van der Waals surface area contributed by atoms with E-state index in [9.17, 15) is 19.5 Å². The third kappa shape index (κ3) is 54.2. The van der Waals surface area contributed by atoms with Gasteiger partial charge in [-0.25, -0.2) is 0 Å². The van der Waals surface area contributed by atoms with Gasteiger partial charge in [0, 0.05) is 12.8 Å². The summed E-state index contributed by atoms with van der Waals surface area (Å²) >= 11 is 0. The second-order valence-electron chi connectivity index (χ2n) is 20.6. The predicted molar refractivity (Wildman–Crippen MR) is 301 cm³/mol. The number of unbranched alkanes of at least 4 members (excludes halogenated alkanes) is 24. The van der Waals surface area contributed by atoms with Gasteiger partial charge in [0.25, 0.3) is 0 Å². The third-order valence-corrected chi connectivity index (χ3v) is 12.4. The Hall–Kier alpha value is -3.53. The van der Waals surface area contributed by atoms with Gasteiger partial charge < -0.3 is 33.3 Å². The molecule has 0 aliphatic rings. The molecule has 0 fully saturated rings. The molecule has 2 unspecified atom stereocenters. The summed E-state index contributed by atoms with van der Waals surface area (Å²) in [7, 11) is 5.91. The van der Waals surface area contributed by atoms with Crippen molar-refractivity contribution in [2.75, 3.05) is 47.5 Å². The largest absolute Gasteiger partial charge is 0.545 e. The lowest BCUT2D eigenvalue weighted by Crippen LogP contribution is -2.44. The minimum absolute atomic E-state index is 0.143. The second-order valence-corrected chi connectivity index (χ2v) is 20.6. The molecule has 0 rings (SSSR count). The Morgan fingerprint density at radius 3 is 1.18 bits per heavy atom. The number of carboxylic acid groups (broad SMARTS) is 1. The lowest BCUT2D eigenvalue weighted by atomic mass is 10.0. The summed E-state index contributed by atoms with van der Waals surface area (Å²) in [4.78, 5) is 37.3. The van der Waals surface area contributed by atoms with Crippen LogP contribution in [0.15, 0.2) is 85.1 Å². The minimum Gasteiger partial charge on any atom is -0.545 e. The van der Waals surface area contributed by atoms with Crippen molar-refractivity contribution in [1.82, 2.24) is 0 Å². The number of aliphatic carboxylic acids is 1. The molecule has 0 aliphatic carbocycles. The number of carbonyl (C=O) groups excluding carboxylic acids is 3. The summed E-state index contributed by atoms with van der Waals surface area (Å²) < 4.78 is 22.7. The number of carboxylic acids is 1. The van der Waals surface area contributed by atoms with Gasteiger partial charge in [-0.15, -0.1) is 0 Å². The Bertz CT molecular complexity index is 1450. The third-order valence-electron chi connectivity index (χ3n) is 12.4. The fourth-order valence-electron chi connectivity index (χ4n) is 7.93. The summed E-state index contributed by atoms with van der Waals surface area (Å²) in [6, 6.07) is 0. The number of ether oxygens (including phenoxy) is 4. The molecule has 0 radical (unpaired) electrons. The highest BCUT2D eigenvalue weighted by atomic mass is 16.7. The zero-order valence-corrected chi connectivity index (χ0v) is 47.0. The molecule has 0 bridgehead atoms. The highest BCUT2D eigenvalue weighted by Gasteiger charge is 2.22. The topological polar surface area (TPSA) is 111 Å². The Labute approximate surface area is 442 Å². The van der Waals surface area contributed by atoms with Gasteiger partial charge in [0.15, 0.2) is 12.4 Å². The van der Waals surface area contributed by atoms with Crippen LogP contribution in [-0.4, -0.2) is 82.3 Å². The summed E-state index contributed by atoms with van der Waals surface area (Å²) in [6.07, 6.45) is 67.7. The minimum atomic E-state index is -1.63. The van der Waals surface area contributed by atoms with Crippen LogP contribution in [0.25, 0.3) is 0 Å². The zero-order valence-electron chi connectivity index (χ0n) is 47.0. The first kappa shape index (κ1) is 68.5. The monoisotopic (exact) mass is 1010 g/mol. The van der Waals surface area contributed by atoms with Crippen molar-refractivity contribution in [2.24, 2.45) is 0 Å². The van der Waals surface area contributed by atoms with Crippen molar-refractivity contribution in [1.29, 1.82) is 0 Å². The molecule has 0 spiro atoms. The first-order valence-electron chi connectivity index (χ1n) is 29.2. The molecule has 0 N–H and O–H groups in total. The van der Waals surface area contributed by atoms with E-state index < -0.39 is 24.3 Å². The molecule has 0 saturated carbocycles. The number of rotatable bonds is 53. The van der Waals surface area contributed by atoms with Gasteiger partial charge in [-0.1, -0.05) is 240 Å². The van der Waals surface area contributed by atoms with E-state index >= 15 is 0 Å². The maximum Gasteiger partial charge on any atom is 0.306 e. The standard InChI is InChI=1S/C63H109NO8/c1-6-8-10-12-14-16-18-20-22-24-26-27-28-29-30-31-32-33-34-35-36-38-40-42-44-46-48-50-52-54-61(66)72-59(58-71-63(62(67)68)69-56-55-64(3,4)5)57-70-60(65)53-51-49-47-45-43-41-39-37-25-23-21-19-17-15-13-11-9-7-2/h8,10,14,16,20,22,26-27,29-30,32-33,35-36,59,63H,6-7,9,11-13,15,17-19,21,23-25,28,31,34,37-58H2,1-5H3/b10-8-,16-14-,22-20-,27-26-,30-29-,33-32-,36-35-. The number of quaternary nitrogens is 1. The molecule has 0 aliphatic heterocycles. The predicted octanol–water partition coefficient (Wildman–Crippen LogP) is 15.8. The van der Waals surface area contributed by atoms with Crippen LogP contribution in [0.4, 0.5) is 0 Å². The molecule has 0 heterocycles. The van der Waals surface area contributed by atoms with Gasteiger partial charge in [-0.3, -0.25) is 9.59 Å². The van der Waals surface area contributed by atoms with E-state index in [1.807, 2.05) is 21.1 Å². The van der Waals surface area contributed by atoms with Crippen LogP contribution in [0.1, 0.15) is 239 Å². The second kappa shape index (κ2) is 53.8. The number of allylic oxidation sites excluding steroid dienone is 14. The first-order chi connectivity index (χ1) is 35.1. The average molecular weight is 1010 g/mol. The Balaban J connectivity index is 4.28. The van der Waals surface area contributed by atoms with Gasteiger partial charge in [0.2, 0.25) is 0 Å². The molecule has 0 amide bonds. The molecular formula is C63H109NO8. The van der Waals surface area contributed by atoms with Gasteiger partial charge >= 0.3 is 11.9 Å². The molecule has 9 nitrogen and oxygen atoms in total. The van der Waals surface area contributed by atoms with Gasteiger partial charge in [-0.05, 0) is 70.6 Å². The van der Waals surface area contributed by atoms with E-state index in [-0.39, 0.29) is 38.6 Å². The number of carbonyl (C=O) groups is 3. The van der Waals surface area contributed by atoms with Crippen LogP contribution in [0, 0.1) is 0 Å². The molecule has 9 heteroatoms. The number of likely N-dealkylation sites (N-methyl/N-ethyl adjacent to an activating group) is 1. The van der Waals surface area contributed by atoms with E-state index in [1.54, 1.807) is 0 Å². The number of nitrogens with zero attached hydrogens (tertiary/aromatic N) is 1. The molecule has 0 saturated heterocycles.